The molecule has 4 aromatic rings. The zero-order valence-electron chi connectivity index (χ0n) is 20.8. The highest BCUT2D eigenvalue weighted by Gasteiger charge is 2.40. The van der Waals surface area contributed by atoms with Crippen molar-refractivity contribution in [3.05, 3.63) is 114 Å². The summed E-state index contributed by atoms with van der Waals surface area (Å²) >= 11 is 0. The molecule has 7 nitrogen and oxygen atoms in total. The molecular weight excluding hydrogens is 486 g/mol. The monoisotopic (exact) mass is 515 g/mol. The third kappa shape index (κ3) is 4.90. The molecule has 0 spiro atoms. The Bertz CT molecular complexity index is 1480. The Kier molecular flexibility index (Phi) is 6.86. The van der Waals surface area contributed by atoms with Crippen molar-refractivity contribution in [3.8, 4) is 5.69 Å². The van der Waals surface area contributed by atoms with Crippen LogP contribution in [-0.2, 0) is 21.3 Å². The molecule has 0 saturated carbocycles. The van der Waals surface area contributed by atoms with E-state index in [1.807, 2.05) is 90.6 Å². The first kappa shape index (κ1) is 24.8. The summed E-state index contributed by atoms with van der Waals surface area (Å²) in [5.41, 5.74) is 3.95. The van der Waals surface area contributed by atoms with Crippen molar-refractivity contribution in [1.29, 1.82) is 0 Å². The summed E-state index contributed by atoms with van der Waals surface area (Å²) < 4.78 is 36.1. The standard InChI is InChI=1S/C29H29N3O4S/c1-22-13-15-25(16-14-22)37(34,35)32(19-23-9-4-3-5-10-23)24-20-31(21-24)27-12-8-11-26(29(33)36-2)28(27)30-17-6-7-18-30/h3-18,24H,19-21H2,1-2H3. The molecule has 2 heterocycles. The molecule has 1 aromatic heterocycles. The number of methoxy groups -OCH3 is 1. The van der Waals surface area contributed by atoms with Gasteiger partial charge in [-0.05, 0) is 48.9 Å². The van der Waals surface area contributed by atoms with Crippen LogP contribution in [0.5, 0.6) is 0 Å². The fourth-order valence-electron chi connectivity index (χ4n) is 4.67. The number of esters is 1. The molecule has 5 rings (SSSR count). The van der Waals surface area contributed by atoms with Gasteiger partial charge in [-0.3, -0.25) is 0 Å². The van der Waals surface area contributed by atoms with Crippen LogP contribution in [0.25, 0.3) is 5.69 Å². The highest BCUT2D eigenvalue weighted by atomic mass is 32.2. The lowest BCUT2D eigenvalue weighted by Crippen LogP contribution is -2.60. The Morgan fingerprint density at radius 1 is 0.919 bits per heavy atom. The number of hydrogen-bond donors (Lipinski definition) is 0. The van der Waals surface area contributed by atoms with Crippen molar-refractivity contribution in [1.82, 2.24) is 8.87 Å². The largest absolute Gasteiger partial charge is 0.465 e. The highest BCUT2D eigenvalue weighted by Crippen LogP contribution is 2.35. The number of para-hydroxylation sites is 1. The van der Waals surface area contributed by atoms with Crippen LogP contribution in [-0.4, -0.2) is 49.5 Å². The number of hydrogen-bond acceptors (Lipinski definition) is 5. The number of rotatable bonds is 8. The second-order valence-electron chi connectivity index (χ2n) is 9.16. The van der Waals surface area contributed by atoms with Gasteiger partial charge in [-0.25, -0.2) is 13.2 Å². The minimum atomic E-state index is -3.73. The molecule has 0 aliphatic carbocycles. The van der Waals surface area contributed by atoms with Gasteiger partial charge < -0.3 is 14.2 Å². The van der Waals surface area contributed by atoms with Crippen molar-refractivity contribution in [2.24, 2.45) is 0 Å². The Labute approximate surface area is 217 Å². The van der Waals surface area contributed by atoms with E-state index < -0.39 is 16.0 Å². The van der Waals surface area contributed by atoms with E-state index in [1.165, 1.54) is 7.11 Å². The summed E-state index contributed by atoms with van der Waals surface area (Å²) in [6, 6.07) is 25.7. The van der Waals surface area contributed by atoms with Crippen molar-refractivity contribution in [2.75, 3.05) is 25.1 Å². The smallest absolute Gasteiger partial charge is 0.340 e. The average molecular weight is 516 g/mol. The minimum Gasteiger partial charge on any atom is -0.465 e. The first-order valence-corrected chi connectivity index (χ1v) is 13.5. The summed E-state index contributed by atoms with van der Waals surface area (Å²) in [6.45, 7) is 3.21. The third-order valence-electron chi connectivity index (χ3n) is 6.70. The number of aromatic nitrogens is 1. The number of carbonyl (C=O) groups is 1. The fourth-order valence-corrected chi connectivity index (χ4v) is 6.27. The maximum Gasteiger partial charge on any atom is 0.340 e. The zero-order valence-corrected chi connectivity index (χ0v) is 21.6. The lowest BCUT2D eigenvalue weighted by Gasteiger charge is -2.46. The molecule has 190 valence electrons. The maximum absolute atomic E-state index is 13.8. The van der Waals surface area contributed by atoms with Crippen molar-refractivity contribution < 1.29 is 17.9 Å². The SMILES string of the molecule is COC(=O)c1cccc(N2CC(N(Cc3ccccc3)S(=O)(=O)c3ccc(C)cc3)C2)c1-n1cccc1. The van der Waals surface area contributed by atoms with Crippen LogP contribution in [0.1, 0.15) is 21.5 Å². The molecule has 1 saturated heterocycles. The number of ether oxygens (including phenoxy) is 1. The Hall–Kier alpha value is -3.88. The number of nitrogens with zero attached hydrogens (tertiary/aromatic N) is 3. The quantitative estimate of drug-likeness (QED) is 0.320. The molecule has 1 fully saturated rings. The first-order chi connectivity index (χ1) is 17.9. The predicted octanol–water partition coefficient (Wildman–Crippen LogP) is 4.65. The maximum atomic E-state index is 13.8. The van der Waals surface area contributed by atoms with E-state index in [4.69, 9.17) is 4.74 Å². The van der Waals surface area contributed by atoms with E-state index in [-0.39, 0.29) is 17.5 Å². The number of benzene rings is 3. The highest BCUT2D eigenvalue weighted by molar-refractivity contribution is 7.89. The van der Waals surface area contributed by atoms with E-state index in [2.05, 4.69) is 4.90 Å². The van der Waals surface area contributed by atoms with Gasteiger partial charge in [-0.1, -0.05) is 54.1 Å². The van der Waals surface area contributed by atoms with Gasteiger partial charge in [0.25, 0.3) is 0 Å². The third-order valence-corrected chi connectivity index (χ3v) is 8.61. The Morgan fingerprint density at radius 3 is 2.24 bits per heavy atom. The van der Waals surface area contributed by atoms with Gasteiger partial charge in [-0.2, -0.15) is 4.31 Å². The number of carbonyl (C=O) groups excluding carboxylic acids is 1. The summed E-state index contributed by atoms with van der Waals surface area (Å²) in [7, 11) is -2.37. The summed E-state index contributed by atoms with van der Waals surface area (Å²) in [5.74, 6) is -0.421. The molecule has 37 heavy (non-hydrogen) atoms. The molecule has 0 radical (unpaired) electrons. The Morgan fingerprint density at radius 2 is 1.59 bits per heavy atom. The van der Waals surface area contributed by atoms with Crippen LogP contribution in [0.3, 0.4) is 0 Å². The molecule has 0 bridgehead atoms. The topological polar surface area (TPSA) is 71.8 Å². The second kappa shape index (κ2) is 10.2. The van der Waals surface area contributed by atoms with E-state index in [0.29, 0.717) is 24.3 Å². The molecule has 0 atom stereocenters. The van der Waals surface area contributed by atoms with Gasteiger partial charge in [0.15, 0.2) is 0 Å². The fraction of sp³-hybridized carbons (Fsp3) is 0.207. The number of aryl methyl sites for hydroxylation is 1. The Balaban J connectivity index is 1.47. The second-order valence-corrected chi connectivity index (χ2v) is 11.1. The van der Waals surface area contributed by atoms with Gasteiger partial charge in [0.1, 0.15) is 0 Å². The molecular formula is C29H29N3O4S. The van der Waals surface area contributed by atoms with Crippen LogP contribution in [0.2, 0.25) is 0 Å². The van der Waals surface area contributed by atoms with Crippen molar-refractivity contribution in [2.45, 2.75) is 24.4 Å². The number of sulfonamides is 1. The van der Waals surface area contributed by atoms with E-state index >= 15 is 0 Å². The van der Waals surface area contributed by atoms with Gasteiger partial charge in [-0.15, -0.1) is 0 Å². The molecule has 1 aliphatic rings. The molecule has 0 N–H and O–H groups in total. The van der Waals surface area contributed by atoms with Gasteiger partial charge in [0, 0.05) is 32.0 Å². The van der Waals surface area contributed by atoms with E-state index in [9.17, 15) is 13.2 Å². The van der Waals surface area contributed by atoms with Crippen LogP contribution in [0.4, 0.5) is 5.69 Å². The molecule has 1 aliphatic heterocycles. The van der Waals surface area contributed by atoms with E-state index in [0.717, 1.165) is 16.8 Å². The van der Waals surface area contributed by atoms with E-state index in [1.54, 1.807) is 22.5 Å². The summed E-state index contributed by atoms with van der Waals surface area (Å²) in [4.78, 5) is 14.9. The predicted molar refractivity (Wildman–Crippen MR) is 143 cm³/mol. The van der Waals surface area contributed by atoms with Gasteiger partial charge in [0.05, 0.1) is 35.0 Å². The minimum absolute atomic E-state index is 0.231. The van der Waals surface area contributed by atoms with Crippen LogP contribution < -0.4 is 4.90 Å². The number of anilines is 1. The van der Waals surface area contributed by atoms with Crippen molar-refractivity contribution in [3.63, 3.8) is 0 Å². The van der Waals surface area contributed by atoms with Crippen molar-refractivity contribution >= 4 is 21.7 Å². The average Bonchev–Trinajstić information content (AvgIpc) is 3.42. The zero-order chi connectivity index (χ0) is 26.0. The molecule has 0 unspecified atom stereocenters. The normalized spacial score (nSPS) is 14.0. The van der Waals surface area contributed by atoms with Crippen LogP contribution in [0, 0.1) is 6.92 Å². The van der Waals surface area contributed by atoms with Crippen LogP contribution in [0.15, 0.2) is 102 Å². The summed E-state index contributed by atoms with van der Waals surface area (Å²) in [6.07, 6.45) is 3.76. The lowest BCUT2D eigenvalue weighted by atomic mass is 10.0. The van der Waals surface area contributed by atoms with Gasteiger partial charge >= 0.3 is 5.97 Å². The van der Waals surface area contributed by atoms with Crippen LogP contribution >= 0.6 is 0 Å². The van der Waals surface area contributed by atoms with Gasteiger partial charge in [0.2, 0.25) is 10.0 Å². The molecule has 0 amide bonds. The molecule has 3 aromatic carbocycles. The lowest BCUT2D eigenvalue weighted by molar-refractivity contribution is 0.0600. The molecule has 8 heteroatoms. The first-order valence-electron chi connectivity index (χ1n) is 12.1. The summed E-state index contributed by atoms with van der Waals surface area (Å²) in [5, 5.41) is 0.